The van der Waals surface area contributed by atoms with Crippen molar-refractivity contribution in [3.63, 3.8) is 0 Å². The standard InChI is InChI=1S/C33H37N/c1-4-6-7-14-21-29-22-17-18-26-33(29)34(3)31-24-19-23-30(27-31)32-25-16-13-11-9-8-10-12-15-20-28(32)5-2/h4,6-7,9,11-14,16-19,22-24,26-27,32H,5,8,10,21,25H2,1-3H3/b6-4-,11-9-,14-7-,16-13-,28-12?. The molecule has 1 unspecified atom stereocenters. The van der Waals surface area contributed by atoms with Crippen LogP contribution in [-0.2, 0) is 6.42 Å². The van der Waals surface area contributed by atoms with E-state index in [1.165, 1.54) is 28.1 Å². The van der Waals surface area contributed by atoms with Gasteiger partial charge in [0.15, 0.2) is 0 Å². The van der Waals surface area contributed by atoms with Gasteiger partial charge in [0.25, 0.3) is 0 Å². The van der Waals surface area contributed by atoms with Crippen LogP contribution in [0.25, 0.3) is 0 Å². The van der Waals surface area contributed by atoms with Crippen LogP contribution in [0, 0.1) is 0 Å². The number of benzene rings is 2. The molecular weight excluding hydrogens is 410 g/mol. The Morgan fingerprint density at radius 3 is 2.71 bits per heavy atom. The Morgan fingerprint density at radius 1 is 1.00 bits per heavy atom. The summed E-state index contributed by atoms with van der Waals surface area (Å²) in [4.78, 5) is 2.31. The molecule has 0 heterocycles. The Morgan fingerprint density at radius 2 is 1.85 bits per heavy atom. The van der Waals surface area contributed by atoms with Gasteiger partial charge < -0.3 is 4.90 Å². The molecule has 0 radical (unpaired) electrons. The van der Waals surface area contributed by atoms with E-state index in [-0.39, 0.29) is 0 Å². The highest BCUT2D eigenvalue weighted by Gasteiger charge is 2.16. The van der Waals surface area contributed by atoms with Crippen molar-refractivity contribution in [1.29, 1.82) is 0 Å². The van der Waals surface area contributed by atoms with Crippen molar-refractivity contribution >= 4 is 11.4 Å². The highest BCUT2D eigenvalue weighted by Crippen LogP contribution is 2.34. The van der Waals surface area contributed by atoms with Crippen LogP contribution < -0.4 is 4.90 Å². The van der Waals surface area contributed by atoms with E-state index in [4.69, 9.17) is 0 Å². The summed E-state index contributed by atoms with van der Waals surface area (Å²) in [5, 5.41) is 0. The zero-order chi connectivity index (χ0) is 24.0. The predicted octanol–water partition coefficient (Wildman–Crippen LogP) is 9.16. The van der Waals surface area contributed by atoms with Gasteiger partial charge in [-0.3, -0.25) is 0 Å². The Kier molecular flexibility index (Phi) is 10.3. The first-order valence-electron chi connectivity index (χ1n) is 12.4. The van der Waals surface area contributed by atoms with E-state index in [1.54, 1.807) is 0 Å². The van der Waals surface area contributed by atoms with Crippen LogP contribution >= 0.6 is 0 Å². The van der Waals surface area contributed by atoms with E-state index in [0.717, 1.165) is 32.1 Å². The van der Waals surface area contributed by atoms with E-state index < -0.39 is 0 Å². The highest BCUT2D eigenvalue weighted by atomic mass is 15.1. The van der Waals surface area contributed by atoms with Gasteiger partial charge in [0, 0.05) is 24.3 Å². The number of allylic oxidation sites excluding steroid dienone is 10. The highest BCUT2D eigenvalue weighted by molar-refractivity contribution is 5.67. The molecule has 174 valence electrons. The van der Waals surface area contributed by atoms with Crippen LogP contribution in [0.2, 0.25) is 0 Å². The second-order valence-corrected chi connectivity index (χ2v) is 8.51. The fourth-order valence-electron chi connectivity index (χ4n) is 4.25. The van der Waals surface area contributed by atoms with Crippen molar-refractivity contribution in [1.82, 2.24) is 0 Å². The molecule has 0 amide bonds. The predicted molar refractivity (Wildman–Crippen MR) is 149 cm³/mol. The number of rotatable bonds is 7. The van der Waals surface area contributed by atoms with Crippen LogP contribution in [0.15, 0.2) is 120 Å². The molecule has 0 bridgehead atoms. The number of para-hydroxylation sites is 1. The maximum absolute atomic E-state index is 3.49. The lowest BCUT2D eigenvalue weighted by Crippen LogP contribution is -2.12. The third-order valence-electron chi connectivity index (χ3n) is 6.16. The van der Waals surface area contributed by atoms with Gasteiger partial charge in [0.2, 0.25) is 0 Å². The Balaban J connectivity index is 1.95. The number of hydrogen-bond donors (Lipinski definition) is 0. The van der Waals surface area contributed by atoms with Crippen LogP contribution in [-0.4, -0.2) is 7.05 Å². The zero-order valence-corrected chi connectivity index (χ0v) is 20.9. The molecule has 0 spiro atoms. The monoisotopic (exact) mass is 447 g/mol. The summed E-state index contributed by atoms with van der Waals surface area (Å²) >= 11 is 0. The molecule has 1 nitrogen and oxygen atoms in total. The normalized spacial score (nSPS) is 18.4. The first-order chi connectivity index (χ1) is 16.7. The average molecular weight is 448 g/mol. The minimum absolute atomic E-state index is 0.294. The topological polar surface area (TPSA) is 3.24 Å². The molecule has 0 saturated carbocycles. The molecule has 3 rings (SSSR count). The maximum Gasteiger partial charge on any atom is 0.0443 e. The molecule has 1 aliphatic rings. The molecule has 0 aromatic heterocycles. The molecule has 1 heteroatoms. The number of hydrogen-bond acceptors (Lipinski definition) is 1. The summed E-state index contributed by atoms with van der Waals surface area (Å²) in [6.07, 6.45) is 24.3. The Hall–Kier alpha value is -3.50. The van der Waals surface area contributed by atoms with Crippen molar-refractivity contribution in [2.24, 2.45) is 0 Å². The van der Waals surface area contributed by atoms with Crippen molar-refractivity contribution in [3.8, 4) is 0 Å². The van der Waals surface area contributed by atoms with Gasteiger partial charge in [-0.05, 0) is 80.0 Å². The van der Waals surface area contributed by atoms with Crippen molar-refractivity contribution in [2.75, 3.05) is 11.9 Å². The van der Waals surface area contributed by atoms with E-state index in [0.29, 0.717) is 5.92 Å². The van der Waals surface area contributed by atoms with Gasteiger partial charge in [0.05, 0.1) is 0 Å². The molecule has 2 aromatic carbocycles. The van der Waals surface area contributed by atoms with Gasteiger partial charge in [0.1, 0.15) is 0 Å². The number of anilines is 2. The van der Waals surface area contributed by atoms with E-state index >= 15 is 0 Å². The number of nitrogens with zero attached hydrogens (tertiary/aromatic N) is 1. The second-order valence-electron chi connectivity index (χ2n) is 8.51. The smallest absolute Gasteiger partial charge is 0.0443 e. The van der Waals surface area contributed by atoms with Crippen LogP contribution in [0.5, 0.6) is 0 Å². The lowest BCUT2D eigenvalue weighted by Gasteiger charge is -2.25. The summed E-state index contributed by atoms with van der Waals surface area (Å²) in [5.74, 6) is 0.294. The Bertz CT molecular complexity index is 1140. The molecular formula is C33H37N. The summed E-state index contributed by atoms with van der Waals surface area (Å²) in [7, 11) is 2.17. The summed E-state index contributed by atoms with van der Waals surface area (Å²) in [6.45, 7) is 4.26. The lowest BCUT2D eigenvalue weighted by molar-refractivity contribution is 0.772. The first-order valence-corrected chi connectivity index (χ1v) is 12.4. The van der Waals surface area contributed by atoms with E-state index in [1.807, 2.05) is 6.92 Å². The quantitative estimate of drug-likeness (QED) is 0.302. The largest absolute Gasteiger partial charge is 0.344 e. The summed E-state index contributed by atoms with van der Waals surface area (Å²) < 4.78 is 0. The molecule has 2 aromatic rings. The second kappa shape index (κ2) is 13.9. The zero-order valence-electron chi connectivity index (χ0n) is 20.9. The van der Waals surface area contributed by atoms with E-state index in [9.17, 15) is 0 Å². The third kappa shape index (κ3) is 7.26. The van der Waals surface area contributed by atoms with Crippen LogP contribution in [0.4, 0.5) is 11.4 Å². The van der Waals surface area contributed by atoms with Gasteiger partial charge in [-0.15, -0.1) is 0 Å². The molecule has 0 saturated heterocycles. The Labute approximate surface area is 206 Å². The molecule has 0 N–H and O–H groups in total. The van der Waals surface area contributed by atoms with Gasteiger partial charge in [-0.1, -0.05) is 97.3 Å². The molecule has 0 aliphatic heterocycles. The van der Waals surface area contributed by atoms with Crippen LogP contribution in [0.1, 0.15) is 56.6 Å². The molecule has 34 heavy (non-hydrogen) atoms. The fourth-order valence-corrected chi connectivity index (χ4v) is 4.25. The summed E-state index contributed by atoms with van der Waals surface area (Å²) in [6, 6.07) is 17.7. The van der Waals surface area contributed by atoms with Crippen LogP contribution in [0.3, 0.4) is 0 Å². The average Bonchev–Trinajstić information content (AvgIpc) is 2.87. The third-order valence-corrected chi connectivity index (χ3v) is 6.16. The van der Waals surface area contributed by atoms with Crippen molar-refractivity contribution in [2.45, 2.75) is 51.9 Å². The molecule has 1 atom stereocenters. The first kappa shape index (κ1) is 25.1. The maximum atomic E-state index is 3.49. The van der Waals surface area contributed by atoms with Crippen molar-refractivity contribution < 1.29 is 0 Å². The fraction of sp³-hybridized carbons (Fsp3) is 0.273. The van der Waals surface area contributed by atoms with Gasteiger partial charge >= 0.3 is 0 Å². The molecule has 1 aliphatic carbocycles. The minimum atomic E-state index is 0.294. The SMILES string of the molecule is C/C=C\C=C/Cc1ccccc1N(C)c1cccc(C2C/C=C\C=C/CCC=C=C=C2CC)c1. The minimum Gasteiger partial charge on any atom is -0.344 e. The lowest BCUT2D eigenvalue weighted by atomic mass is 9.86. The summed E-state index contributed by atoms with van der Waals surface area (Å²) in [5.41, 5.74) is 13.2. The van der Waals surface area contributed by atoms with Gasteiger partial charge in [-0.25, -0.2) is 0 Å². The van der Waals surface area contributed by atoms with Crippen molar-refractivity contribution in [3.05, 3.63) is 131 Å². The van der Waals surface area contributed by atoms with Gasteiger partial charge in [-0.2, -0.15) is 0 Å². The van der Waals surface area contributed by atoms with E-state index in [2.05, 4.69) is 134 Å². The molecule has 0 fully saturated rings.